The van der Waals surface area contributed by atoms with Crippen molar-refractivity contribution in [2.45, 2.75) is 34.1 Å². The maximum Gasteiger partial charge on any atom is 0.156 e. The predicted octanol–water partition coefficient (Wildman–Crippen LogP) is 3.52. The zero-order valence-electron chi connectivity index (χ0n) is 10.6. The minimum atomic E-state index is 0.911. The molecule has 0 aliphatic heterocycles. The van der Waals surface area contributed by atoms with Crippen molar-refractivity contribution in [3.8, 4) is 5.82 Å². The molecule has 2 rings (SSSR count). The second kappa shape index (κ2) is 4.61. The first-order valence-corrected chi connectivity index (χ1v) is 6.51. The molecule has 90 valence electrons. The molecule has 0 amide bonds. The molecule has 0 fully saturated rings. The fourth-order valence-corrected chi connectivity index (χ4v) is 2.59. The van der Waals surface area contributed by atoms with E-state index in [1.165, 1.54) is 11.3 Å². The Morgan fingerprint density at radius 3 is 2.53 bits per heavy atom. The van der Waals surface area contributed by atoms with Gasteiger partial charge in [-0.15, -0.1) is 0 Å². The summed E-state index contributed by atoms with van der Waals surface area (Å²) in [5.74, 6) is 0.911. The van der Waals surface area contributed by atoms with Gasteiger partial charge in [0.2, 0.25) is 0 Å². The molecule has 3 nitrogen and oxygen atoms in total. The van der Waals surface area contributed by atoms with Crippen LogP contribution in [0.1, 0.15) is 29.4 Å². The van der Waals surface area contributed by atoms with Crippen LogP contribution in [0.4, 0.5) is 0 Å². The van der Waals surface area contributed by atoms with E-state index in [0.29, 0.717) is 0 Å². The molecule has 0 saturated heterocycles. The number of hydrogen-bond acceptors (Lipinski definition) is 2. The zero-order chi connectivity index (χ0) is 12.6. The third-order valence-corrected chi connectivity index (χ3v) is 3.45. The van der Waals surface area contributed by atoms with Crippen molar-refractivity contribution >= 4 is 15.9 Å². The zero-order valence-corrected chi connectivity index (χ0v) is 12.2. The maximum absolute atomic E-state index is 4.58. The third-order valence-electron chi connectivity index (χ3n) is 3.01. The summed E-state index contributed by atoms with van der Waals surface area (Å²) < 4.78 is 2.94. The third kappa shape index (κ3) is 2.14. The molecule has 0 bridgehead atoms. The summed E-state index contributed by atoms with van der Waals surface area (Å²) in [5, 5.41) is 4.58. The molecule has 0 unspecified atom stereocenters. The lowest BCUT2D eigenvalue weighted by atomic mass is 10.1. The number of aromatic nitrogens is 3. The van der Waals surface area contributed by atoms with Crippen molar-refractivity contribution in [1.29, 1.82) is 0 Å². The molecular formula is C13H16BrN3. The Morgan fingerprint density at radius 1 is 1.29 bits per heavy atom. The summed E-state index contributed by atoms with van der Waals surface area (Å²) in [5.41, 5.74) is 4.71. The van der Waals surface area contributed by atoms with Crippen LogP contribution in [0.2, 0.25) is 0 Å². The Bertz CT molecular complexity index is 558. The topological polar surface area (TPSA) is 30.7 Å². The van der Waals surface area contributed by atoms with E-state index in [4.69, 9.17) is 0 Å². The average molecular weight is 294 g/mol. The normalized spacial score (nSPS) is 10.9. The van der Waals surface area contributed by atoms with Gasteiger partial charge in [-0.05, 0) is 60.3 Å². The average Bonchev–Trinajstić information content (AvgIpc) is 2.54. The first-order chi connectivity index (χ1) is 8.04. The van der Waals surface area contributed by atoms with Crippen molar-refractivity contribution in [1.82, 2.24) is 14.8 Å². The van der Waals surface area contributed by atoms with Gasteiger partial charge in [-0.2, -0.15) is 5.10 Å². The highest BCUT2D eigenvalue weighted by Gasteiger charge is 2.13. The second-order valence-corrected chi connectivity index (χ2v) is 5.12. The summed E-state index contributed by atoms with van der Waals surface area (Å²) in [7, 11) is 0. The van der Waals surface area contributed by atoms with E-state index < -0.39 is 0 Å². The van der Waals surface area contributed by atoms with Crippen molar-refractivity contribution in [2.24, 2.45) is 0 Å². The highest BCUT2D eigenvalue weighted by molar-refractivity contribution is 9.10. The fraction of sp³-hybridized carbons (Fsp3) is 0.385. The minimum absolute atomic E-state index is 0.911. The molecule has 2 aromatic heterocycles. The van der Waals surface area contributed by atoms with Crippen LogP contribution < -0.4 is 0 Å². The van der Waals surface area contributed by atoms with E-state index in [1.807, 2.05) is 10.9 Å². The lowest BCUT2D eigenvalue weighted by Crippen LogP contribution is -2.04. The largest absolute Gasteiger partial charge is 0.236 e. The molecule has 17 heavy (non-hydrogen) atoms. The lowest BCUT2D eigenvalue weighted by Gasteiger charge is -2.07. The Kier molecular flexibility index (Phi) is 3.33. The molecule has 0 N–H and O–H groups in total. The monoisotopic (exact) mass is 293 g/mol. The molecule has 0 atom stereocenters. The number of nitrogens with zero attached hydrogens (tertiary/aromatic N) is 3. The van der Waals surface area contributed by atoms with Gasteiger partial charge in [0.05, 0.1) is 5.69 Å². The van der Waals surface area contributed by atoms with Crippen molar-refractivity contribution < 1.29 is 0 Å². The van der Waals surface area contributed by atoms with E-state index in [2.05, 4.69) is 59.8 Å². The molecule has 0 spiro atoms. The molecular weight excluding hydrogens is 278 g/mol. The minimum Gasteiger partial charge on any atom is -0.236 e. The molecule has 0 aliphatic carbocycles. The van der Waals surface area contributed by atoms with E-state index in [-0.39, 0.29) is 0 Å². The Morgan fingerprint density at radius 2 is 2.00 bits per heavy atom. The molecule has 0 aromatic carbocycles. The lowest BCUT2D eigenvalue weighted by molar-refractivity contribution is 0.797. The van der Waals surface area contributed by atoms with Gasteiger partial charge in [-0.25, -0.2) is 9.67 Å². The summed E-state index contributed by atoms with van der Waals surface area (Å²) in [6.45, 7) is 8.36. The first-order valence-electron chi connectivity index (χ1n) is 5.72. The Labute approximate surface area is 110 Å². The van der Waals surface area contributed by atoms with Crippen LogP contribution in [-0.2, 0) is 6.42 Å². The van der Waals surface area contributed by atoms with E-state index in [9.17, 15) is 0 Å². The fourth-order valence-electron chi connectivity index (χ4n) is 2.15. The van der Waals surface area contributed by atoms with Crippen molar-refractivity contribution in [3.05, 3.63) is 39.3 Å². The van der Waals surface area contributed by atoms with Crippen LogP contribution >= 0.6 is 15.9 Å². The van der Waals surface area contributed by atoms with Gasteiger partial charge < -0.3 is 0 Å². The molecule has 0 aliphatic rings. The highest BCUT2D eigenvalue weighted by Crippen LogP contribution is 2.21. The quantitative estimate of drug-likeness (QED) is 0.848. The highest BCUT2D eigenvalue weighted by atomic mass is 79.9. The summed E-state index contributed by atoms with van der Waals surface area (Å²) >= 11 is 3.43. The van der Waals surface area contributed by atoms with E-state index in [1.54, 1.807) is 0 Å². The summed E-state index contributed by atoms with van der Waals surface area (Å²) in [6.07, 6.45) is 2.82. The van der Waals surface area contributed by atoms with Crippen LogP contribution in [0.3, 0.4) is 0 Å². The summed E-state index contributed by atoms with van der Waals surface area (Å²) in [6, 6.07) is 2.06. The van der Waals surface area contributed by atoms with Gasteiger partial charge >= 0.3 is 0 Å². The van der Waals surface area contributed by atoms with E-state index in [0.717, 1.165) is 28.0 Å². The van der Waals surface area contributed by atoms with Crippen molar-refractivity contribution in [3.63, 3.8) is 0 Å². The molecule has 0 radical (unpaired) electrons. The van der Waals surface area contributed by atoms with E-state index >= 15 is 0 Å². The van der Waals surface area contributed by atoms with Crippen LogP contribution in [0.25, 0.3) is 5.82 Å². The SMILES string of the molecule is CCc1c(C)nn(-c2ncc(Br)cc2C)c1C. The van der Waals surface area contributed by atoms with Gasteiger partial charge in [0.25, 0.3) is 0 Å². The second-order valence-electron chi connectivity index (χ2n) is 4.21. The smallest absolute Gasteiger partial charge is 0.156 e. The molecule has 2 aromatic rings. The van der Waals surface area contributed by atoms with Gasteiger partial charge in [-0.1, -0.05) is 6.92 Å². The van der Waals surface area contributed by atoms with Gasteiger partial charge in [0, 0.05) is 16.4 Å². The van der Waals surface area contributed by atoms with Crippen LogP contribution in [0.15, 0.2) is 16.7 Å². The Hall–Kier alpha value is -1.16. The van der Waals surface area contributed by atoms with Gasteiger partial charge in [0.1, 0.15) is 0 Å². The van der Waals surface area contributed by atoms with Crippen molar-refractivity contribution in [2.75, 3.05) is 0 Å². The number of halogens is 1. The number of pyridine rings is 1. The Balaban J connectivity index is 2.61. The van der Waals surface area contributed by atoms with Crippen LogP contribution in [0, 0.1) is 20.8 Å². The molecule has 0 saturated carbocycles. The molecule has 4 heteroatoms. The first kappa shape index (κ1) is 12.3. The summed E-state index contributed by atoms with van der Waals surface area (Å²) in [4.78, 5) is 4.45. The van der Waals surface area contributed by atoms with Gasteiger partial charge in [0.15, 0.2) is 5.82 Å². The number of aryl methyl sites for hydroxylation is 2. The predicted molar refractivity (Wildman–Crippen MR) is 72.6 cm³/mol. The van der Waals surface area contributed by atoms with Crippen LogP contribution in [-0.4, -0.2) is 14.8 Å². The number of rotatable bonds is 2. The van der Waals surface area contributed by atoms with Crippen LogP contribution in [0.5, 0.6) is 0 Å². The van der Waals surface area contributed by atoms with Gasteiger partial charge in [-0.3, -0.25) is 0 Å². The molecule has 2 heterocycles. The number of hydrogen-bond donors (Lipinski definition) is 0. The standard InChI is InChI=1S/C13H16BrN3/c1-5-12-9(3)16-17(10(12)4)13-8(2)6-11(14)7-15-13/h6-7H,5H2,1-4H3. The maximum atomic E-state index is 4.58.